The van der Waals surface area contributed by atoms with Crippen molar-refractivity contribution in [2.75, 3.05) is 36.4 Å². The van der Waals surface area contributed by atoms with Crippen molar-refractivity contribution in [3.8, 4) is 0 Å². The fourth-order valence-electron chi connectivity index (χ4n) is 3.19. The van der Waals surface area contributed by atoms with Crippen LogP contribution >= 0.6 is 11.3 Å². The van der Waals surface area contributed by atoms with Crippen LogP contribution < -0.4 is 15.5 Å². The molecule has 0 radical (unpaired) electrons. The van der Waals surface area contributed by atoms with Gasteiger partial charge in [0.05, 0.1) is 15.7 Å². The van der Waals surface area contributed by atoms with Gasteiger partial charge in [-0.1, -0.05) is 0 Å². The van der Waals surface area contributed by atoms with E-state index < -0.39 is 0 Å². The Balaban J connectivity index is 1.31. The summed E-state index contributed by atoms with van der Waals surface area (Å²) in [4.78, 5) is 27.9. The second-order valence-electron chi connectivity index (χ2n) is 6.60. The van der Waals surface area contributed by atoms with Crippen LogP contribution in [0.4, 0.5) is 11.8 Å². The Bertz CT molecular complexity index is 950. The summed E-state index contributed by atoms with van der Waals surface area (Å²) < 4.78 is 1.02. The quantitative estimate of drug-likeness (QED) is 0.638. The molecule has 2 aromatic heterocycles. The third-order valence-electron chi connectivity index (χ3n) is 4.56. The first-order valence-electron chi connectivity index (χ1n) is 9.15. The van der Waals surface area contributed by atoms with E-state index in [0.717, 1.165) is 34.8 Å². The van der Waals surface area contributed by atoms with Crippen LogP contribution in [0.1, 0.15) is 28.9 Å². The van der Waals surface area contributed by atoms with Gasteiger partial charge in [-0.15, -0.1) is 11.3 Å². The zero-order valence-corrected chi connectivity index (χ0v) is 16.1. The molecule has 4 rings (SSSR count). The Hall–Kier alpha value is -2.74. The first-order valence-corrected chi connectivity index (χ1v) is 10.0. The van der Waals surface area contributed by atoms with Crippen molar-refractivity contribution in [2.24, 2.45) is 0 Å². The minimum absolute atomic E-state index is 0.0879. The molecule has 0 unspecified atom stereocenters. The summed E-state index contributed by atoms with van der Waals surface area (Å²) >= 11 is 1.53. The van der Waals surface area contributed by atoms with Crippen molar-refractivity contribution in [1.29, 1.82) is 0 Å². The van der Waals surface area contributed by atoms with E-state index in [1.54, 1.807) is 11.6 Å². The number of thiazole rings is 1. The van der Waals surface area contributed by atoms with Crippen molar-refractivity contribution in [3.63, 3.8) is 0 Å². The lowest BCUT2D eigenvalue weighted by Gasteiger charge is -2.17. The molecule has 3 heterocycles. The highest BCUT2D eigenvalue weighted by molar-refractivity contribution is 7.16. The van der Waals surface area contributed by atoms with Gasteiger partial charge in [-0.05, 0) is 38.0 Å². The minimum Gasteiger partial charge on any atom is -0.356 e. The Morgan fingerprint density at radius 1 is 1.19 bits per heavy atom. The number of hydrogen-bond acceptors (Lipinski definition) is 7. The predicted octanol–water partition coefficient (Wildman–Crippen LogP) is 2.84. The maximum atomic E-state index is 12.3. The van der Waals surface area contributed by atoms with E-state index in [-0.39, 0.29) is 5.91 Å². The molecule has 140 valence electrons. The lowest BCUT2D eigenvalue weighted by atomic mass is 10.2. The summed E-state index contributed by atoms with van der Waals surface area (Å²) in [5, 5.41) is 6.14. The Kier molecular flexibility index (Phi) is 5.15. The number of amides is 1. The molecule has 1 fully saturated rings. The van der Waals surface area contributed by atoms with Crippen LogP contribution in [-0.4, -0.2) is 47.0 Å². The lowest BCUT2D eigenvalue weighted by molar-refractivity contribution is 0.0955. The maximum Gasteiger partial charge on any atom is 0.251 e. The molecule has 0 spiro atoms. The molecule has 0 atom stereocenters. The maximum absolute atomic E-state index is 12.3. The van der Waals surface area contributed by atoms with Crippen molar-refractivity contribution >= 4 is 39.2 Å². The molecular weight excluding hydrogens is 360 g/mol. The van der Waals surface area contributed by atoms with Crippen molar-refractivity contribution in [2.45, 2.75) is 19.8 Å². The Labute approximate surface area is 161 Å². The van der Waals surface area contributed by atoms with E-state index in [1.807, 2.05) is 25.1 Å². The topological polar surface area (TPSA) is 83.0 Å². The Morgan fingerprint density at radius 3 is 2.89 bits per heavy atom. The lowest BCUT2D eigenvalue weighted by Crippen LogP contribution is -2.29. The molecule has 3 aromatic rings. The SMILES string of the molecule is Cc1cc(N2CCCC2)nc(NCCNC(=O)c2ccc3ncsc3c2)n1. The smallest absolute Gasteiger partial charge is 0.251 e. The monoisotopic (exact) mass is 382 g/mol. The van der Waals surface area contributed by atoms with E-state index in [9.17, 15) is 4.79 Å². The molecule has 0 bridgehead atoms. The van der Waals surface area contributed by atoms with Gasteiger partial charge in [0.2, 0.25) is 5.95 Å². The number of nitrogens with one attached hydrogen (secondary N) is 2. The number of anilines is 2. The van der Waals surface area contributed by atoms with E-state index in [4.69, 9.17) is 0 Å². The summed E-state index contributed by atoms with van der Waals surface area (Å²) in [7, 11) is 0. The highest BCUT2D eigenvalue weighted by Crippen LogP contribution is 2.20. The van der Waals surface area contributed by atoms with Gasteiger partial charge in [0.25, 0.3) is 5.91 Å². The summed E-state index contributed by atoms with van der Waals surface area (Å²) in [5.41, 5.74) is 4.30. The number of aromatic nitrogens is 3. The highest BCUT2D eigenvalue weighted by atomic mass is 32.1. The van der Waals surface area contributed by atoms with Crippen LogP contribution in [0.25, 0.3) is 10.2 Å². The minimum atomic E-state index is -0.0879. The van der Waals surface area contributed by atoms with Crippen molar-refractivity contribution < 1.29 is 4.79 Å². The number of nitrogens with zero attached hydrogens (tertiary/aromatic N) is 4. The second kappa shape index (κ2) is 7.87. The third kappa shape index (κ3) is 4.16. The van der Waals surface area contributed by atoms with Gasteiger partial charge in [0.1, 0.15) is 5.82 Å². The van der Waals surface area contributed by atoms with Crippen LogP contribution in [0.3, 0.4) is 0 Å². The van der Waals surface area contributed by atoms with Crippen LogP contribution in [0.15, 0.2) is 29.8 Å². The number of hydrogen-bond donors (Lipinski definition) is 2. The van der Waals surface area contributed by atoms with Crippen molar-refractivity contribution in [1.82, 2.24) is 20.3 Å². The number of rotatable bonds is 6. The molecular formula is C19H22N6OS. The summed E-state index contributed by atoms with van der Waals surface area (Å²) in [6.45, 7) is 5.14. The third-order valence-corrected chi connectivity index (χ3v) is 5.35. The van der Waals surface area contributed by atoms with Gasteiger partial charge < -0.3 is 15.5 Å². The first kappa shape index (κ1) is 17.7. The van der Waals surface area contributed by atoms with E-state index in [2.05, 4.69) is 30.5 Å². The van der Waals surface area contributed by atoms with E-state index in [0.29, 0.717) is 24.6 Å². The average molecular weight is 382 g/mol. The molecule has 1 saturated heterocycles. The summed E-state index contributed by atoms with van der Waals surface area (Å²) in [6.07, 6.45) is 2.43. The summed E-state index contributed by atoms with van der Waals surface area (Å²) in [6, 6.07) is 7.58. The normalized spacial score (nSPS) is 13.9. The Morgan fingerprint density at radius 2 is 2.04 bits per heavy atom. The van der Waals surface area contributed by atoms with E-state index >= 15 is 0 Å². The van der Waals surface area contributed by atoms with Gasteiger partial charge in [-0.2, -0.15) is 4.98 Å². The van der Waals surface area contributed by atoms with Gasteiger partial charge in [0.15, 0.2) is 0 Å². The standard InChI is InChI=1S/C19H22N6OS/c1-13-10-17(25-8-2-3-9-25)24-19(23-13)21-7-6-20-18(26)14-4-5-15-16(11-14)27-12-22-15/h4-5,10-12H,2-3,6-9H2,1H3,(H,20,26)(H,21,23,24). The van der Waals surface area contributed by atoms with Gasteiger partial charge in [0, 0.05) is 43.5 Å². The molecule has 1 amide bonds. The second-order valence-corrected chi connectivity index (χ2v) is 7.49. The molecule has 27 heavy (non-hydrogen) atoms. The highest BCUT2D eigenvalue weighted by Gasteiger charge is 2.15. The zero-order valence-electron chi connectivity index (χ0n) is 15.2. The fraction of sp³-hybridized carbons (Fsp3) is 0.368. The molecule has 1 aliphatic rings. The molecule has 0 saturated carbocycles. The number of benzene rings is 1. The van der Waals surface area contributed by atoms with E-state index in [1.165, 1.54) is 24.2 Å². The molecule has 1 aliphatic heterocycles. The number of fused-ring (bicyclic) bond motifs is 1. The number of carbonyl (C=O) groups is 1. The van der Waals surface area contributed by atoms with Gasteiger partial charge in [-0.25, -0.2) is 9.97 Å². The van der Waals surface area contributed by atoms with Gasteiger partial charge in [-0.3, -0.25) is 4.79 Å². The molecule has 1 aromatic carbocycles. The number of carbonyl (C=O) groups excluding carboxylic acids is 1. The van der Waals surface area contributed by atoms with Crippen LogP contribution in [0.2, 0.25) is 0 Å². The molecule has 8 heteroatoms. The van der Waals surface area contributed by atoms with Crippen LogP contribution in [0, 0.1) is 6.92 Å². The van der Waals surface area contributed by atoms with Crippen molar-refractivity contribution in [3.05, 3.63) is 41.0 Å². The van der Waals surface area contributed by atoms with Gasteiger partial charge >= 0.3 is 0 Å². The summed E-state index contributed by atoms with van der Waals surface area (Å²) in [5.74, 6) is 1.50. The largest absolute Gasteiger partial charge is 0.356 e. The average Bonchev–Trinajstić information content (AvgIpc) is 3.35. The zero-order chi connectivity index (χ0) is 18.6. The molecule has 2 N–H and O–H groups in total. The molecule has 0 aliphatic carbocycles. The fourth-order valence-corrected chi connectivity index (χ4v) is 3.90. The van der Waals surface area contributed by atoms with Crippen LogP contribution in [-0.2, 0) is 0 Å². The molecule has 7 nitrogen and oxygen atoms in total. The van der Waals surface area contributed by atoms with Crippen LogP contribution in [0.5, 0.6) is 0 Å². The first-order chi connectivity index (χ1) is 13.2. The number of aryl methyl sites for hydroxylation is 1. The predicted molar refractivity (Wildman–Crippen MR) is 109 cm³/mol.